The summed E-state index contributed by atoms with van der Waals surface area (Å²) in [4.78, 5) is 15.7. The minimum absolute atomic E-state index is 0.385. The Kier molecular flexibility index (Phi) is 4.44. The van der Waals surface area contributed by atoms with E-state index in [0.29, 0.717) is 5.69 Å². The number of aryl methyl sites for hydroxylation is 2. The summed E-state index contributed by atoms with van der Waals surface area (Å²) in [6, 6.07) is 10.9. The Morgan fingerprint density at radius 3 is 2.80 bits per heavy atom. The zero-order valence-corrected chi connectivity index (χ0v) is 11.4. The lowest BCUT2D eigenvalue weighted by molar-refractivity contribution is 0.252. The molecule has 1 heterocycles. The van der Waals surface area contributed by atoms with E-state index in [0.717, 1.165) is 16.8 Å². The van der Waals surface area contributed by atoms with Gasteiger partial charge in [-0.2, -0.15) is 5.10 Å². The molecule has 0 spiro atoms. The molecule has 2 N–H and O–H groups in total. The maximum atomic E-state index is 11.7. The smallest absolute Gasteiger partial charge is 0.306 e. The number of aromatic nitrogens is 1. The monoisotopic (exact) mass is 268 g/mol. The molecular weight excluding hydrogens is 252 g/mol. The molecule has 5 heteroatoms. The van der Waals surface area contributed by atoms with Gasteiger partial charge in [0.05, 0.1) is 11.9 Å². The van der Waals surface area contributed by atoms with Gasteiger partial charge in [0.25, 0.3) is 0 Å². The van der Waals surface area contributed by atoms with E-state index in [1.54, 1.807) is 12.3 Å². The molecule has 0 saturated heterocycles. The molecule has 0 saturated carbocycles. The quantitative estimate of drug-likeness (QED) is 0.664. The minimum Gasteiger partial charge on any atom is -0.306 e. The lowest BCUT2D eigenvalue weighted by atomic mass is 10.1. The van der Waals surface area contributed by atoms with Crippen LogP contribution in [0, 0.1) is 13.8 Å². The number of nitrogens with zero attached hydrogens (tertiary/aromatic N) is 2. The molecule has 0 fully saturated rings. The van der Waals surface area contributed by atoms with E-state index in [-0.39, 0.29) is 6.03 Å². The van der Waals surface area contributed by atoms with E-state index in [2.05, 4.69) is 20.8 Å². The Labute approximate surface area is 117 Å². The van der Waals surface area contributed by atoms with E-state index in [9.17, 15) is 4.79 Å². The second-order valence-corrected chi connectivity index (χ2v) is 4.40. The normalized spacial score (nSPS) is 10.5. The molecule has 0 aliphatic rings. The summed E-state index contributed by atoms with van der Waals surface area (Å²) in [6.45, 7) is 3.95. The number of urea groups is 1. The fraction of sp³-hybridized carbons (Fsp3) is 0.133. The summed E-state index contributed by atoms with van der Waals surface area (Å²) in [5.74, 6) is 0. The number of pyridine rings is 1. The van der Waals surface area contributed by atoms with Crippen LogP contribution in [-0.4, -0.2) is 17.2 Å². The van der Waals surface area contributed by atoms with Crippen molar-refractivity contribution in [2.75, 3.05) is 5.32 Å². The number of rotatable bonds is 3. The lowest BCUT2D eigenvalue weighted by Crippen LogP contribution is -2.24. The first-order valence-corrected chi connectivity index (χ1v) is 6.23. The highest BCUT2D eigenvalue weighted by molar-refractivity contribution is 5.90. The van der Waals surface area contributed by atoms with Gasteiger partial charge in [-0.05, 0) is 37.6 Å². The predicted octanol–water partition coefficient (Wildman–Crippen LogP) is 2.85. The van der Waals surface area contributed by atoms with Crippen LogP contribution in [0.1, 0.15) is 16.8 Å². The number of hydrogen-bond donors (Lipinski definition) is 2. The lowest BCUT2D eigenvalue weighted by Gasteiger charge is -2.08. The van der Waals surface area contributed by atoms with Gasteiger partial charge in [-0.1, -0.05) is 23.8 Å². The third-order valence-corrected chi connectivity index (χ3v) is 2.68. The molecule has 2 aromatic rings. The Morgan fingerprint density at radius 1 is 1.25 bits per heavy atom. The van der Waals surface area contributed by atoms with Crippen molar-refractivity contribution in [2.45, 2.75) is 13.8 Å². The molecule has 0 radical (unpaired) electrons. The Morgan fingerprint density at radius 2 is 2.10 bits per heavy atom. The summed E-state index contributed by atoms with van der Waals surface area (Å²) >= 11 is 0. The molecule has 0 aliphatic heterocycles. The van der Waals surface area contributed by atoms with Crippen molar-refractivity contribution in [1.29, 1.82) is 0 Å². The van der Waals surface area contributed by atoms with E-state index in [4.69, 9.17) is 0 Å². The van der Waals surface area contributed by atoms with Crippen molar-refractivity contribution in [3.63, 3.8) is 0 Å². The van der Waals surface area contributed by atoms with Crippen molar-refractivity contribution in [3.8, 4) is 0 Å². The molecule has 20 heavy (non-hydrogen) atoms. The highest BCUT2D eigenvalue weighted by Gasteiger charge is 2.02. The van der Waals surface area contributed by atoms with Gasteiger partial charge in [-0.3, -0.25) is 4.98 Å². The SMILES string of the molecule is Cc1ccc(NC(=O)NN=Cc2ccccn2)c(C)c1. The van der Waals surface area contributed by atoms with Crippen molar-refractivity contribution in [2.24, 2.45) is 5.10 Å². The molecule has 2 rings (SSSR count). The van der Waals surface area contributed by atoms with Crippen LogP contribution in [-0.2, 0) is 0 Å². The number of anilines is 1. The summed E-state index contributed by atoms with van der Waals surface area (Å²) < 4.78 is 0. The first kappa shape index (κ1) is 13.7. The minimum atomic E-state index is -0.385. The van der Waals surface area contributed by atoms with Crippen LogP contribution in [0.3, 0.4) is 0 Å². The summed E-state index contributed by atoms with van der Waals surface area (Å²) in [5, 5.41) is 6.57. The third kappa shape index (κ3) is 3.91. The topological polar surface area (TPSA) is 66.4 Å². The molecule has 102 valence electrons. The Balaban J connectivity index is 1.91. The first-order valence-electron chi connectivity index (χ1n) is 6.23. The van der Waals surface area contributed by atoms with Crippen molar-refractivity contribution >= 4 is 17.9 Å². The maximum Gasteiger partial charge on any atom is 0.339 e. The fourth-order valence-corrected chi connectivity index (χ4v) is 1.71. The molecular formula is C15H16N4O. The maximum absolute atomic E-state index is 11.7. The van der Waals surface area contributed by atoms with E-state index < -0.39 is 0 Å². The average Bonchev–Trinajstić information content (AvgIpc) is 2.43. The van der Waals surface area contributed by atoms with Crippen LogP contribution in [0.15, 0.2) is 47.7 Å². The van der Waals surface area contributed by atoms with Crippen molar-refractivity contribution < 1.29 is 4.79 Å². The highest BCUT2D eigenvalue weighted by atomic mass is 16.2. The van der Waals surface area contributed by atoms with Crippen LogP contribution in [0.2, 0.25) is 0 Å². The summed E-state index contributed by atoms with van der Waals surface area (Å²) in [5.41, 5.74) is 6.01. The number of carbonyl (C=O) groups excluding carboxylic acids is 1. The molecule has 2 amide bonds. The van der Waals surface area contributed by atoms with Crippen LogP contribution < -0.4 is 10.7 Å². The summed E-state index contributed by atoms with van der Waals surface area (Å²) in [6.07, 6.45) is 3.15. The van der Waals surface area contributed by atoms with Gasteiger partial charge in [-0.25, -0.2) is 10.2 Å². The predicted molar refractivity (Wildman–Crippen MR) is 79.9 cm³/mol. The molecule has 1 aromatic carbocycles. The molecule has 1 aromatic heterocycles. The first-order chi connectivity index (χ1) is 9.65. The number of hydrogen-bond acceptors (Lipinski definition) is 3. The average molecular weight is 268 g/mol. The molecule has 0 unspecified atom stereocenters. The molecule has 0 bridgehead atoms. The highest BCUT2D eigenvalue weighted by Crippen LogP contribution is 2.15. The van der Waals surface area contributed by atoms with Gasteiger partial charge in [0.15, 0.2) is 0 Å². The zero-order valence-electron chi connectivity index (χ0n) is 11.4. The van der Waals surface area contributed by atoms with Gasteiger partial charge in [0.2, 0.25) is 0 Å². The molecule has 0 aliphatic carbocycles. The van der Waals surface area contributed by atoms with E-state index >= 15 is 0 Å². The van der Waals surface area contributed by atoms with Crippen LogP contribution in [0.25, 0.3) is 0 Å². The Hall–Kier alpha value is -2.69. The molecule has 0 atom stereocenters. The fourth-order valence-electron chi connectivity index (χ4n) is 1.71. The summed E-state index contributed by atoms with van der Waals surface area (Å²) in [7, 11) is 0. The largest absolute Gasteiger partial charge is 0.339 e. The van der Waals surface area contributed by atoms with Gasteiger partial charge in [0.1, 0.15) is 0 Å². The van der Waals surface area contributed by atoms with Crippen LogP contribution in [0.5, 0.6) is 0 Å². The van der Waals surface area contributed by atoms with Gasteiger partial charge < -0.3 is 5.32 Å². The van der Waals surface area contributed by atoms with Gasteiger partial charge in [0, 0.05) is 11.9 Å². The number of amides is 2. The van der Waals surface area contributed by atoms with E-state index in [1.165, 1.54) is 6.21 Å². The standard InChI is InChI=1S/C15H16N4O/c1-11-6-7-14(12(2)9-11)18-15(20)19-17-10-13-5-3-4-8-16-13/h3-10H,1-2H3,(H2,18,19,20). The second-order valence-electron chi connectivity index (χ2n) is 4.40. The van der Waals surface area contributed by atoms with Gasteiger partial charge >= 0.3 is 6.03 Å². The second kappa shape index (κ2) is 6.47. The molecule has 5 nitrogen and oxygen atoms in total. The van der Waals surface area contributed by atoms with Crippen LogP contribution in [0.4, 0.5) is 10.5 Å². The van der Waals surface area contributed by atoms with Crippen molar-refractivity contribution in [1.82, 2.24) is 10.4 Å². The van der Waals surface area contributed by atoms with Crippen LogP contribution >= 0.6 is 0 Å². The third-order valence-electron chi connectivity index (χ3n) is 2.68. The van der Waals surface area contributed by atoms with Crippen molar-refractivity contribution in [3.05, 3.63) is 59.4 Å². The number of nitrogens with one attached hydrogen (secondary N) is 2. The number of benzene rings is 1. The van der Waals surface area contributed by atoms with E-state index in [1.807, 2.05) is 44.2 Å². The number of hydrazone groups is 1. The van der Waals surface area contributed by atoms with Gasteiger partial charge in [-0.15, -0.1) is 0 Å². The number of carbonyl (C=O) groups is 1. The zero-order chi connectivity index (χ0) is 14.4. The Bertz CT molecular complexity index is 623.